The van der Waals surface area contributed by atoms with Gasteiger partial charge in [-0.15, -0.1) is 0 Å². The highest BCUT2D eigenvalue weighted by molar-refractivity contribution is 5.84. The summed E-state index contributed by atoms with van der Waals surface area (Å²) in [6.45, 7) is 0.0255. The number of aliphatic carboxylic acids is 1. The van der Waals surface area contributed by atoms with Crippen molar-refractivity contribution in [3.8, 4) is 5.75 Å². The van der Waals surface area contributed by atoms with E-state index in [4.69, 9.17) is 9.84 Å². The van der Waals surface area contributed by atoms with Crippen LogP contribution in [0, 0.1) is 5.82 Å². The van der Waals surface area contributed by atoms with Crippen molar-refractivity contribution in [1.82, 2.24) is 9.47 Å². The van der Waals surface area contributed by atoms with E-state index in [0.29, 0.717) is 18.5 Å². The van der Waals surface area contributed by atoms with E-state index in [1.54, 1.807) is 4.90 Å². The quantitative estimate of drug-likeness (QED) is 0.464. The normalized spacial score (nSPS) is 15.2. The van der Waals surface area contributed by atoms with Crippen molar-refractivity contribution in [2.24, 2.45) is 0 Å². The third-order valence-electron chi connectivity index (χ3n) is 6.21. The number of hydrogen-bond acceptors (Lipinski definition) is 3. The van der Waals surface area contributed by atoms with Crippen molar-refractivity contribution in [3.63, 3.8) is 0 Å². The smallest absolute Gasteiger partial charge is 0.341 e. The third kappa shape index (κ3) is 4.12. The first-order chi connectivity index (χ1) is 16.5. The lowest BCUT2D eigenvalue weighted by atomic mass is 9.87. The molecule has 2 heterocycles. The predicted molar refractivity (Wildman–Crippen MR) is 125 cm³/mol. The zero-order valence-electron chi connectivity index (χ0n) is 18.4. The van der Waals surface area contributed by atoms with Gasteiger partial charge in [-0.05, 0) is 53.3 Å². The van der Waals surface area contributed by atoms with Crippen LogP contribution in [0.1, 0.15) is 22.7 Å². The second-order valence-corrected chi connectivity index (χ2v) is 8.31. The van der Waals surface area contributed by atoms with Gasteiger partial charge in [0.1, 0.15) is 18.1 Å². The number of ether oxygens (including phenoxy) is 1. The number of amides is 1. The van der Waals surface area contributed by atoms with Crippen LogP contribution in [0.25, 0.3) is 10.9 Å². The van der Waals surface area contributed by atoms with Gasteiger partial charge in [0.15, 0.2) is 6.61 Å². The van der Waals surface area contributed by atoms with Gasteiger partial charge in [-0.25, -0.2) is 9.18 Å². The van der Waals surface area contributed by atoms with Gasteiger partial charge in [0, 0.05) is 23.8 Å². The number of halogens is 1. The van der Waals surface area contributed by atoms with Crippen molar-refractivity contribution >= 4 is 22.8 Å². The van der Waals surface area contributed by atoms with E-state index in [9.17, 15) is 14.0 Å². The highest BCUT2D eigenvalue weighted by atomic mass is 19.1. The average molecular weight is 458 g/mol. The largest absolute Gasteiger partial charge is 0.482 e. The number of fused-ring (bicyclic) bond motifs is 2. The van der Waals surface area contributed by atoms with Crippen molar-refractivity contribution in [1.29, 1.82) is 0 Å². The molecule has 172 valence electrons. The Balaban J connectivity index is 1.56. The Morgan fingerprint density at radius 2 is 1.79 bits per heavy atom. The second-order valence-electron chi connectivity index (χ2n) is 8.31. The topological polar surface area (TPSA) is 71.8 Å². The van der Waals surface area contributed by atoms with E-state index >= 15 is 0 Å². The molecule has 0 aliphatic carbocycles. The Labute approximate surface area is 195 Å². The maximum absolute atomic E-state index is 14.4. The standard InChI is InChI=1S/C27H23FN2O4/c28-20-9-10-24(34-17-26(32)33)22(15-20)27-21-7-3-1-5-18(21)12-14-30(27)25(31)16-29-13-11-19-6-2-4-8-23(19)29/h1-11,13,15,27H,12,14,16-17H2,(H,32,33). The maximum atomic E-state index is 14.4. The number of hydrogen-bond donors (Lipinski definition) is 1. The Morgan fingerprint density at radius 3 is 2.65 bits per heavy atom. The van der Waals surface area contributed by atoms with E-state index in [-0.39, 0.29) is 18.2 Å². The molecule has 1 unspecified atom stereocenters. The number of nitrogens with zero attached hydrogens (tertiary/aromatic N) is 2. The molecule has 0 fully saturated rings. The zero-order valence-corrected chi connectivity index (χ0v) is 18.4. The molecule has 34 heavy (non-hydrogen) atoms. The van der Waals surface area contributed by atoms with Gasteiger partial charge in [0.2, 0.25) is 5.91 Å². The summed E-state index contributed by atoms with van der Waals surface area (Å²) in [6.07, 6.45) is 2.56. The van der Waals surface area contributed by atoms with Crippen molar-refractivity contribution in [2.45, 2.75) is 19.0 Å². The fraction of sp³-hybridized carbons (Fsp3) is 0.185. The molecule has 0 bridgehead atoms. The van der Waals surface area contributed by atoms with Crippen molar-refractivity contribution < 1.29 is 23.8 Å². The van der Waals surface area contributed by atoms with Crippen LogP contribution in [-0.2, 0) is 22.6 Å². The molecular weight excluding hydrogens is 435 g/mol. The van der Waals surface area contributed by atoms with E-state index in [0.717, 1.165) is 22.0 Å². The monoisotopic (exact) mass is 458 g/mol. The summed E-state index contributed by atoms with van der Waals surface area (Å²) in [5, 5.41) is 10.1. The Morgan fingerprint density at radius 1 is 1.00 bits per heavy atom. The molecule has 1 aromatic heterocycles. The fourth-order valence-electron chi connectivity index (χ4n) is 4.69. The third-order valence-corrected chi connectivity index (χ3v) is 6.21. The summed E-state index contributed by atoms with van der Waals surface area (Å²) < 4.78 is 21.8. The summed E-state index contributed by atoms with van der Waals surface area (Å²) in [5.41, 5.74) is 3.34. The molecule has 1 atom stereocenters. The number of benzene rings is 3. The predicted octanol–water partition coefficient (Wildman–Crippen LogP) is 4.42. The number of carbonyl (C=O) groups is 2. The number of para-hydroxylation sites is 1. The molecule has 1 aliphatic heterocycles. The summed E-state index contributed by atoms with van der Waals surface area (Å²) >= 11 is 0. The minimum absolute atomic E-state index is 0.116. The number of aromatic nitrogens is 1. The van der Waals surface area contributed by atoms with Crippen LogP contribution in [0.4, 0.5) is 4.39 Å². The molecule has 0 saturated heterocycles. The van der Waals surface area contributed by atoms with Gasteiger partial charge >= 0.3 is 5.97 Å². The molecule has 5 rings (SSSR count). The van der Waals surface area contributed by atoms with E-state index in [2.05, 4.69) is 0 Å². The summed E-state index contributed by atoms with van der Waals surface area (Å²) in [4.78, 5) is 26.5. The second kappa shape index (κ2) is 9.02. The number of carboxylic acids is 1. The first-order valence-corrected chi connectivity index (χ1v) is 11.1. The van der Waals surface area contributed by atoms with E-state index < -0.39 is 24.4 Å². The molecule has 1 N–H and O–H groups in total. The zero-order chi connectivity index (χ0) is 23.7. The Kier molecular flexibility index (Phi) is 5.76. The van der Waals surface area contributed by atoms with Crippen molar-refractivity contribution in [2.75, 3.05) is 13.2 Å². The van der Waals surface area contributed by atoms with Gasteiger partial charge in [0.05, 0.1) is 6.04 Å². The lowest BCUT2D eigenvalue weighted by molar-refractivity contribution is -0.139. The SMILES string of the molecule is O=C(O)COc1ccc(F)cc1C1c2ccccc2CCN1C(=O)Cn1ccc2ccccc21. The molecule has 3 aromatic carbocycles. The number of carbonyl (C=O) groups excluding carboxylic acids is 1. The van der Waals surface area contributed by atoms with Gasteiger partial charge < -0.3 is 19.3 Å². The van der Waals surface area contributed by atoms with Gasteiger partial charge in [-0.3, -0.25) is 4.79 Å². The fourth-order valence-corrected chi connectivity index (χ4v) is 4.69. The van der Waals surface area contributed by atoms with Gasteiger partial charge in [-0.1, -0.05) is 42.5 Å². The molecule has 0 radical (unpaired) electrons. The minimum atomic E-state index is -1.13. The van der Waals surface area contributed by atoms with Crippen molar-refractivity contribution in [3.05, 3.63) is 102 Å². The molecular formula is C27H23FN2O4. The molecule has 1 aliphatic rings. The van der Waals surface area contributed by atoms with E-state index in [1.165, 1.54) is 18.2 Å². The highest BCUT2D eigenvalue weighted by Gasteiger charge is 2.34. The molecule has 0 saturated carbocycles. The van der Waals surface area contributed by atoms with Crippen LogP contribution in [0.5, 0.6) is 5.75 Å². The van der Waals surface area contributed by atoms with Crippen LogP contribution in [0.3, 0.4) is 0 Å². The Bertz CT molecular complexity index is 1380. The lowest BCUT2D eigenvalue weighted by Gasteiger charge is -2.38. The molecule has 1 amide bonds. The van der Waals surface area contributed by atoms with Crippen LogP contribution in [0.2, 0.25) is 0 Å². The van der Waals surface area contributed by atoms with Gasteiger partial charge in [-0.2, -0.15) is 0 Å². The number of carboxylic acid groups (broad SMARTS) is 1. The highest BCUT2D eigenvalue weighted by Crippen LogP contribution is 2.40. The maximum Gasteiger partial charge on any atom is 0.341 e. The molecule has 6 nitrogen and oxygen atoms in total. The molecule has 4 aromatic rings. The van der Waals surface area contributed by atoms with Gasteiger partial charge in [0.25, 0.3) is 0 Å². The first kappa shape index (κ1) is 21.7. The number of rotatable bonds is 6. The summed E-state index contributed by atoms with van der Waals surface area (Å²) in [7, 11) is 0. The van der Waals surface area contributed by atoms with Crippen LogP contribution in [-0.4, -0.2) is 39.6 Å². The molecule has 7 heteroatoms. The Hall–Kier alpha value is -4.13. The average Bonchev–Trinajstić information content (AvgIpc) is 3.25. The summed E-state index contributed by atoms with van der Waals surface area (Å²) in [6, 6.07) is 21.0. The van der Waals surface area contributed by atoms with Crippen LogP contribution in [0.15, 0.2) is 79.0 Å². The first-order valence-electron chi connectivity index (χ1n) is 11.1. The minimum Gasteiger partial charge on any atom is -0.482 e. The lowest BCUT2D eigenvalue weighted by Crippen LogP contribution is -2.42. The van der Waals surface area contributed by atoms with E-state index in [1.807, 2.05) is 65.4 Å². The molecule has 0 spiro atoms. The summed E-state index contributed by atoms with van der Waals surface area (Å²) in [5.74, 6) is -1.49. The van der Waals surface area contributed by atoms with Crippen LogP contribution >= 0.6 is 0 Å². The van der Waals surface area contributed by atoms with Crippen LogP contribution < -0.4 is 4.74 Å².